The van der Waals surface area contributed by atoms with E-state index in [9.17, 15) is 4.79 Å². The number of aromatic amines is 1. The molecule has 2 N–H and O–H groups in total. The number of carbonyl (C=O) groups excluding carboxylic acids is 1. The minimum Gasteiger partial charge on any atom is -0.351 e. The van der Waals surface area contributed by atoms with Crippen LogP contribution in [0.25, 0.3) is 11.0 Å². The van der Waals surface area contributed by atoms with Crippen LogP contribution < -0.4 is 5.32 Å². The van der Waals surface area contributed by atoms with Crippen molar-refractivity contribution in [3.05, 3.63) is 53.9 Å². The van der Waals surface area contributed by atoms with Crippen LogP contribution in [0.1, 0.15) is 28.4 Å². The monoisotopic (exact) mass is 295 g/mol. The van der Waals surface area contributed by atoms with Crippen molar-refractivity contribution in [2.24, 2.45) is 0 Å². The lowest BCUT2D eigenvalue weighted by Gasteiger charge is -2.03. The third-order valence-electron chi connectivity index (χ3n) is 3.33. The van der Waals surface area contributed by atoms with E-state index in [1.165, 1.54) is 6.20 Å². The number of aryl methyl sites for hydroxylation is 2. The number of aromatic nitrogens is 4. The van der Waals surface area contributed by atoms with Gasteiger partial charge in [0, 0.05) is 19.2 Å². The summed E-state index contributed by atoms with van der Waals surface area (Å²) in [5.41, 5.74) is 3.14. The van der Waals surface area contributed by atoms with Gasteiger partial charge in [-0.05, 0) is 25.5 Å². The SMILES string of the molecule is Cc1cnc(C(=O)NCCCc2nc3ccccc3[nH]2)cn1. The zero-order chi connectivity index (χ0) is 15.4. The molecule has 22 heavy (non-hydrogen) atoms. The average molecular weight is 295 g/mol. The lowest BCUT2D eigenvalue weighted by atomic mass is 10.3. The Morgan fingerprint density at radius 1 is 1.23 bits per heavy atom. The maximum Gasteiger partial charge on any atom is 0.271 e. The van der Waals surface area contributed by atoms with E-state index in [4.69, 9.17) is 0 Å². The van der Waals surface area contributed by atoms with Crippen molar-refractivity contribution < 1.29 is 4.79 Å². The fourth-order valence-electron chi connectivity index (χ4n) is 2.18. The van der Waals surface area contributed by atoms with Crippen molar-refractivity contribution in [3.63, 3.8) is 0 Å². The fraction of sp³-hybridized carbons (Fsp3) is 0.250. The summed E-state index contributed by atoms with van der Waals surface area (Å²) in [7, 11) is 0. The number of hydrogen-bond acceptors (Lipinski definition) is 4. The second kappa shape index (κ2) is 6.34. The molecule has 0 aliphatic carbocycles. The Morgan fingerprint density at radius 2 is 2.09 bits per heavy atom. The maximum absolute atomic E-state index is 11.9. The van der Waals surface area contributed by atoms with Crippen molar-refractivity contribution in [3.8, 4) is 0 Å². The van der Waals surface area contributed by atoms with Gasteiger partial charge in [-0.3, -0.25) is 9.78 Å². The topological polar surface area (TPSA) is 83.6 Å². The average Bonchev–Trinajstić information content (AvgIpc) is 2.95. The minimum absolute atomic E-state index is 0.197. The van der Waals surface area contributed by atoms with Gasteiger partial charge in [-0.2, -0.15) is 0 Å². The first kappa shape index (κ1) is 14.2. The number of rotatable bonds is 5. The zero-order valence-corrected chi connectivity index (χ0v) is 12.3. The standard InChI is InChI=1S/C16H17N5O/c1-11-9-19-14(10-18-11)16(22)17-8-4-7-15-20-12-5-2-3-6-13(12)21-15/h2-3,5-6,9-10H,4,7-8H2,1H3,(H,17,22)(H,20,21). The number of hydrogen-bond donors (Lipinski definition) is 2. The van der Waals surface area contributed by atoms with E-state index in [1.807, 2.05) is 31.2 Å². The molecule has 0 aliphatic rings. The van der Waals surface area contributed by atoms with E-state index in [1.54, 1.807) is 6.20 Å². The second-order valence-electron chi connectivity index (χ2n) is 5.10. The highest BCUT2D eigenvalue weighted by molar-refractivity contribution is 5.91. The van der Waals surface area contributed by atoms with Gasteiger partial charge in [-0.1, -0.05) is 12.1 Å². The van der Waals surface area contributed by atoms with Gasteiger partial charge in [0.1, 0.15) is 11.5 Å². The van der Waals surface area contributed by atoms with E-state index >= 15 is 0 Å². The van der Waals surface area contributed by atoms with E-state index in [0.717, 1.165) is 35.4 Å². The molecule has 6 nitrogen and oxygen atoms in total. The minimum atomic E-state index is -0.197. The molecule has 3 aromatic rings. The molecule has 1 aromatic carbocycles. The molecule has 0 saturated heterocycles. The number of nitrogens with one attached hydrogen (secondary N) is 2. The Hall–Kier alpha value is -2.76. The van der Waals surface area contributed by atoms with Gasteiger partial charge >= 0.3 is 0 Å². The molecule has 2 heterocycles. The molecule has 0 radical (unpaired) electrons. The van der Waals surface area contributed by atoms with E-state index < -0.39 is 0 Å². The second-order valence-corrected chi connectivity index (χ2v) is 5.10. The Morgan fingerprint density at radius 3 is 2.86 bits per heavy atom. The molecule has 0 spiro atoms. The summed E-state index contributed by atoms with van der Waals surface area (Å²) in [6, 6.07) is 7.93. The number of carbonyl (C=O) groups is 1. The molecule has 0 saturated carbocycles. The summed E-state index contributed by atoms with van der Waals surface area (Å²) in [5, 5.41) is 2.84. The molecule has 0 aliphatic heterocycles. The van der Waals surface area contributed by atoms with Crippen molar-refractivity contribution in [2.45, 2.75) is 19.8 Å². The Bertz CT molecular complexity index is 746. The number of benzene rings is 1. The third-order valence-corrected chi connectivity index (χ3v) is 3.33. The van der Waals surface area contributed by atoms with Gasteiger partial charge in [0.25, 0.3) is 5.91 Å². The Balaban J connectivity index is 1.49. The van der Waals surface area contributed by atoms with Crippen LogP contribution in [0.3, 0.4) is 0 Å². The molecule has 112 valence electrons. The highest BCUT2D eigenvalue weighted by atomic mass is 16.1. The first-order valence-corrected chi connectivity index (χ1v) is 7.23. The quantitative estimate of drug-likeness (QED) is 0.705. The Labute approximate surface area is 128 Å². The predicted molar refractivity (Wildman–Crippen MR) is 83.5 cm³/mol. The van der Waals surface area contributed by atoms with Gasteiger partial charge in [0.05, 0.1) is 22.9 Å². The number of fused-ring (bicyclic) bond motifs is 1. The van der Waals surface area contributed by atoms with E-state index in [-0.39, 0.29) is 5.91 Å². The first-order chi connectivity index (χ1) is 10.7. The van der Waals surface area contributed by atoms with Gasteiger partial charge in [0.2, 0.25) is 0 Å². The van der Waals surface area contributed by atoms with Gasteiger partial charge in [-0.25, -0.2) is 9.97 Å². The molecular formula is C16H17N5O. The zero-order valence-electron chi connectivity index (χ0n) is 12.3. The number of para-hydroxylation sites is 2. The molecule has 0 unspecified atom stereocenters. The number of nitrogens with zero attached hydrogens (tertiary/aromatic N) is 3. The maximum atomic E-state index is 11.9. The van der Waals surface area contributed by atoms with E-state index in [0.29, 0.717) is 12.2 Å². The van der Waals surface area contributed by atoms with Crippen LogP contribution in [0.5, 0.6) is 0 Å². The summed E-state index contributed by atoms with van der Waals surface area (Å²) in [5.74, 6) is 0.739. The first-order valence-electron chi connectivity index (χ1n) is 7.23. The summed E-state index contributed by atoms with van der Waals surface area (Å²) in [6.45, 7) is 2.41. The van der Waals surface area contributed by atoms with Crippen LogP contribution in [-0.2, 0) is 6.42 Å². The van der Waals surface area contributed by atoms with Crippen molar-refractivity contribution >= 4 is 16.9 Å². The summed E-state index contributed by atoms with van der Waals surface area (Å²) in [4.78, 5) is 27.8. The molecule has 6 heteroatoms. The van der Waals surface area contributed by atoms with Crippen LogP contribution in [0.2, 0.25) is 0 Å². The molecule has 0 bridgehead atoms. The molecule has 2 aromatic heterocycles. The van der Waals surface area contributed by atoms with Crippen LogP contribution >= 0.6 is 0 Å². The number of H-pyrrole nitrogens is 1. The number of imidazole rings is 1. The van der Waals surface area contributed by atoms with Crippen LogP contribution in [0.4, 0.5) is 0 Å². The summed E-state index contributed by atoms with van der Waals surface area (Å²) < 4.78 is 0. The molecule has 3 rings (SSSR count). The predicted octanol–water partition coefficient (Wildman–Crippen LogP) is 2.02. The van der Waals surface area contributed by atoms with Gasteiger partial charge < -0.3 is 10.3 Å². The van der Waals surface area contributed by atoms with Crippen molar-refractivity contribution in [2.75, 3.05) is 6.54 Å². The fourth-order valence-corrected chi connectivity index (χ4v) is 2.18. The van der Waals surface area contributed by atoms with Crippen LogP contribution in [0, 0.1) is 6.92 Å². The highest BCUT2D eigenvalue weighted by Crippen LogP contribution is 2.11. The highest BCUT2D eigenvalue weighted by Gasteiger charge is 2.07. The summed E-state index contributed by atoms with van der Waals surface area (Å²) >= 11 is 0. The molecule has 0 atom stereocenters. The van der Waals surface area contributed by atoms with E-state index in [2.05, 4.69) is 25.3 Å². The molecule has 1 amide bonds. The van der Waals surface area contributed by atoms with Gasteiger partial charge in [0.15, 0.2) is 0 Å². The van der Waals surface area contributed by atoms with Crippen LogP contribution in [-0.4, -0.2) is 32.4 Å². The smallest absolute Gasteiger partial charge is 0.271 e. The molecular weight excluding hydrogens is 278 g/mol. The van der Waals surface area contributed by atoms with Gasteiger partial charge in [-0.15, -0.1) is 0 Å². The lowest BCUT2D eigenvalue weighted by Crippen LogP contribution is -2.25. The van der Waals surface area contributed by atoms with Crippen molar-refractivity contribution in [1.29, 1.82) is 0 Å². The lowest BCUT2D eigenvalue weighted by molar-refractivity contribution is 0.0947. The third kappa shape index (κ3) is 3.28. The van der Waals surface area contributed by atoms with Crippen molar-refractivity contribution in [1.82, 2.24) is 25.3 Å². The largest absolute Gasteiger partial charge is 0.351 e. The Kier molecular flexibility index (Phi) is 4.09. The normalized spacial score (nSPS) is 10.8. The number of amides is 1. The van der Waals surface area contributed by atoms with Crippen LogP contribution in [0.15, 0.2) is 36.7 Å². The molecule has 0 fully saturated rings. The summed E-state index contributed by atoms with van der Waals surface area (Å²) in [6.07, 6.45) is 4.67.